The van der Waals surface area contributed by atoms with Crippen molar-refractivity contribution >= 4 is 34.6 Å². The molecule has 2 aromatic carbocycles. The highest BCUT2D eigenvalue weighted by Gasteiger charge is 2.35. The second-order valence-corrected chi connectivity index (χ2v) is 7.15. The van der Waals surface area contributed by atoms with E-state index in [0.717, 1.165) is 24.3 Å². The average molecular weight is 416 g/mol. The highest BCUT2D eigenvalue weighted by atomic mass is 35.5. The third-order valence-corrected chi connectivity index (χ3v) is 5.32. The normalized spacial score (nSPS) is 18.2. The van der Waals surface area contributed by atoms with E-state index in [1.165, 1.54) is 7.11 Å². The number of hydrogen-bond acceptors (Lipinski definition) is 6. The molecular weight excluding hydrogens is 394 g/mol. The fourth-order valence-corrected chi connectivity index (χ4v) is 3.74. The summed E-state index contributed by atoms with van der Waals surface area (Å²) in [6.45, 7) is 3.43. The molecular formula is C21H22ClN3O4. The number of methoxy groups -OCH3 is 2. The van der Waals surface area contributed by atoms with Gasteiger partial charge in [0.2, 0.25) is 0 Å². The van der Waals surface area contributed by atoms with Gasteiger partial charge in [0.05, 0.1) is 44.8 Å². The van der Waals surface area contributed by atoms with Crippen LogP contribution in [-0.4, -0.2) is 63.7 Å². The number of morpholine rings is 1. The molecule has 4 rings (SSSR count). The van der Waals surface area contributed by atoms with Gasteiger partial charge in [-0.1, -0.05) is 29.8 Å². The molecule has 0 bridgehead atoms. The van der Waals surface area contributed by atoms with E-state index in [1.807, 2.05) is 24.3 Å². The molecule has 0 atom stereocenters. The summed E-state index contributed by atoms with van der Waals surface area (Å²) in [5.74, 6) is 0.821. The number of para-hydroxylation sites is 1. The molecule has 0 unspecified atom stereocenters. The number of hydrogen-bond donors (Lipinski definition) is 0. The van der Waals surface area contributed by atoms with Crippen molar-refractivity contribution in [3.05, 3.63) is 47.0 Å². The summed E-state index contributed by atoms with van der Waals surface area (Å²) in [6.07, 6.45) is 0. The number of amides is 1. The number of nitrogens with zero attached hydrogens (tertiary/aromatic N) is 3. The van der Waals surface area contributed by atoms with E-state index in [0.29, 0.717) is 47.8 Å². The van der Waals surface area contributed by atoms with Gasteiger partial charge in [-0.2, -0.15) is 0 Å². The Morgan fingerprint density at radius 3 is 2.55 bits per heavy atom. The number of rotatable bonds is 5. The molecule has 2 heterocycles. The third kappa shape index (κ3) is 3.81. The Labute approximate surface area is 174 Å². The predicted octanol–water partition coefficient (Wildman–Crippen LogP) is 3.11. The first-order valence-corrected chi connectivity index (χ1v) is 9.71. The lowest BCUT2D eigenvalue weighted by molar-refractivity contribution is -0.112. The van der Waals surface area contributed by atoms with Gasteiger partial charge >= 0.3 is 0 Å². The van der Waals surface area contributed by atoms with Crippen molar-refractivity contribution in [2.75, 3.05) is 52.1 Å². The molecule has 2 aromatic rings. The number of ether oxygens (including phenoxy) is 3. The standard InChI is InChI=1S/C21H22ClN3O4/c1-27-18-12-19(28-2)16(11-15(18)22)23-20-14-5-3-4-6-17(14)25(21(20)26)13-24-7-9-29-10-8-24/h3-6,11-12H,7-10,13H2,1-2H3. The molecule has 1 saturated heterocycles. The third-order valence-electron chi connectivity index (χ3n) is 5.03. The van der Waals surface area contributed by atoms with Crippen molar-refractivity contribution in [1.29, 1.82) is 0 Å². The number of halogens is 1. The van der Waals surface area contributed by atoms with Gasteiger partial charge in [0.25, 0.3) is 5.91 Å². The van der Waals surface area contributed by atoms with Gasteiger partial charge in [0, 0.05) is 24.7 Å². The second kappa shape index (κ2) is 8.41. The Kier molecular flexibility index (Phi) is 5.71. The molecule has 0 N–H and O–H groups in total. The zero-order chi connectivity index (χ0) is 20.4. The highest BCUT2D eigenvalue weighted by Crippen LogP contribution is 2.39. The SMILES string of the molecule is COc1cc(OC)c(N=C2C(=O)N(CN3CCOCC3)c3ccccc32)cc1Cl. The molecule has 0 aliphatic carbocycles. The smallest absolute Gasteiger partial charge is 0.278 e. The molecule has 0 aromatic heterocycles. The van der Waals surface area contributed by atoms with Gasteiger partial charge in [0.1, 0.15) is 22.9 Å². The molecule has 0 spiro atoms. The van der Waals surface area contributed by atoms with E-state index in [2.05, 4.69) is 9.89 Å². The summed E-state index contributed by atoms with van der Waals surface area (Å²) < 4.78 is 16.1. The first-order valence-electron chi connectivity index (χ1n) is 9.34. The Morgan fingerprint density at radius 1 is 1.10 bits per heavy atom. The van der Waals surface area contributed by atoms with Crippen LogP contribution in [0.1, 0.15) is 5.56 Å². The lowest BCUT2D eigenvalue weighted by Crippen LogP contribution is -2.45. The number of carbonyl (C=O) groups excluding carboxylic acids is 1. The second-order valence-electron chi connectivity index (χ2n) is 6.74. The Hall–Kier alpha value is -2.61. The maximum atomic E-state index is 13.3. The van der Waals surface area contributed by atoms with E-state index in [9.17, 15) is 4.79 Å². The van der Waals surface area contributed by atoms with E-state index in [4.69, 9.17) is 25.8 Å². The monoisotopic (exact) mass is 415 g/mol. The fourth-order valence-electron chi connectivity index (χ4n) is 3.50. The summed E-state index contributed by atoms with van der Waals surface area (Å²) in [5.41, 5.74) is 2.49. The Bertz CT molecular complexity index is 957. The zero-order valence-corrected chi connectivity index (χ0v) is 17.1. The van der Waals surface area contributed by atoms with Crippen LogP contribution < -0.4 is 14.4 Å². The van der Waals surface area contributed by atoms with Crippen molar-refractivity contribution in [3.63, 3.8) is 0 Å². The quantitative estimate of drug-likeness (QED) is 0.750. The molecule has 0 saturated carbocycles. The van der Waals surface area contributed by atoms with E-state index in [1.54, 1.807) is 24.1 Å². The fraction of sp³-hybridized carbons (Fsp3) is 0.333. The largest absolute Gasteiger partial charge is 0.495 e. The molecule has 8 heteroatoms. The van der Waals surface area contributed by atoms with Crippen molar-refractivity contribution in [1.82, 2.24) is 4.90 Å². The number of benzene rings is 2. The van der Waals surface area contributed by atoms with Crippen molar-refractivity contribution in [2.45, 2.75) is 0 Å². The minimum atomic E-state index is -0.147. The van der Waals surface area contributed by atoms with Crippen LogP contribution in [0.3, 0.4) is 0 Å². The number of fused-ring (bicyclic) bond motifs is 1. The van der Waals surface area contributed by atoms with Gasteiger partial charge in [-0.15, -0.1) is 0 Å². The average Bonchev–Trinajstić information content (AvgIpc) is 3.01. The van der Waals surface area contributed by atoms with E-state index < -0.39 is 0 Å². The van der Waals surface area contributed by atoms with Crippen molar-refractivity contribution < 1.29 is 19.0 Å². The number of anilines is 1. The topological polar surface area (TPSA) is 63.6 Å². The molecule has 1 amide bonds. The van der Waals surface area contributed by atoms with Gasteiger partial charge < -0.3 is 14.2 Å². The van der Waals surface area contributed by atoms with Gasteiger partial charge in [-0.3, -0.25) is 14.6 Å². The highest BCUT2D eigenvalue weighted by molar-refractivity contribution is 6.54. The molecule has 29 heavy (non-hydrogen) atoms. The molecule has 2 aliphatic heterocycles. The van der Waals surface area contributed by atoms with Crippen molar-refractivity contribution in [3.8, 4) is 11.5 Å². The summed E-state index contributed by atoms with van der Waals surface area (Å²) in [6, 6.07) is 11.0. The minimum Gasteiger partial charge on any atom is -0.495 e. The van der Waals surface area contributed by atoms with Crippen LogP contribution in [0.5, 0.6) is 11.5 Å². The summed E-state index contributed by atoms with van der Waals surface area (Å²) in [5, 5.41) is 0.400. The van der Waals surface area contributed by atoms with Crippen LogP contribution in [0.25, 0.3) is 0 Å². The van der Waals surface area contributed by atoms with Crippen LogP contribution in [0.2, 0.25) is 5.02 Å². The van der Waals surface area contributed by atoms with E-state index >= 15 is 0 Å². The summed E-state index contributed by atoms with van der Waals surface area (Å²) in [4.78, 5) is 21.9. The summed E-state index contributed by atoms with van der Waals surface area (Å²) >= 11 is 6.27. The summed E-state index contributed by atoms with van der Waals surface area (Å²) in [7, 11) is 3.08. The lowest BCUT2D eigenvalue weighted by atomic mass is 10.1. The Morgan fingerprint density at radius 2 is 1.83 bits per heavy atom. The van der Waals surface area contributed by atoms with Gasteiger partial charge in [-0.25, -0.2) is 4.99 Å². The van der Waals surface area contributed by atoms with Crippen molar-refractivity contribution in [2.24, 2.45) is 4.99 Å². The zero-order valence-electron chi connectivity index (χ0n) is 16.4. The molecule has 2 aliphatic rings. The first-order chi connectivity index (χ1) is 14.1. The molecule has 0 radical (unpaired) electrons. The number of aliphatic imine (C=N–C) groups is 1. The predicted molar refractivity (Wildman–Crippen MR) is 112 cm³/mol. The minimum absolute atomic E-state index is 0.147. The maximum absolute atomic E-state index is 13.3. The van der Waals surface area contributed by atoms with Crippen LogP contribution in [0.15, 0.2) is 41.4 Å². The number of carbonyl (C=O) groups is 1. The van der Waals surface area contributed by atoms with Gasteiger partial charge in [-0.05, 0) is 12.1 Å². The first kappa shape index (κ1) is 19.7. The van der Waals surface area contributed by atoms with Crippen LogP contribution in [0, 0.1) is 0 Å². The van der Waals surface area contributed by atoms with Crippen LogP contribution >= 0.6 is 11.6 Å². The molecule has 152 valence electrons. The van der Waals surface area contributed by atoms with Crippen LogP contribution in [-0.2, 0) is 9.53 Å². The maximum Gasteiger partial charge on any atom is 0.278 e. The lowest BCUT2D eigenvalue weighted by Gasteiger charge is -2.30. The Balaban J connectivity index is 1.73. The van der Waals surface area contributed by atoms with Gasteiger partial charge in [0.15, 0.2) is 0 Å². The molecule has 1 fully saturated rings. The van der Waals surface area contributed by atoms with E-state index in [-0.39, 0.29) is 5.91 Å². The van der Waals surface area contributed by atoms with Crippen LogP contribution in [0.4, 0.5) is 11.4 Å². The molecule has 7 nitrogen and oxygen atoms in total.